The predicted octanol–water partition coefficient (Wildman–Crippen LogP) is 3.48. The molecule has 2 aliphatic heterocycles. The highest BCUT2D eigenvalue weighted by atomic mass is 32.2. The first-order chi connectivity index (χ1) is 16.8. The van der Waals surface area contributed by atoms with Crippen LogP contribution in [0.25, 0.3) is 11.1 Å². The quantitative estimate of drug-likeness (QED) is 0.652. The van der Waals surface area contributed by atoms with Crippen molar-refractivity contribution in [2.45, 2.75) is 38.6 Å². The Balaban J connectivity index is 1.31. The van der Waals surface area contributed by atoms with E-state index in [4.69, 9.17) is 0 Å². The van der Waals surface area contributed by atoms with Gasteiger partial charge in [-0.1, -0.05) is 18.2 Å². The first-order valence-electron chi connectivity index (χ1n) is 12.6. The molecular formula is C27H31N3O4S. The molecule has 0 spiro atoms. The highest BCUT2D eigenvalue weighted by Crippen LogP contribution is 2.44. The van der Waals surface area contributed by atoms with E-state index in [0.717, 1.165) is 53.9 Å². The lowest BCUT2D eigenvalue weighted by Gasteiger charge is -2.41. The molecular weight excluding hydrogens is 462 g/mol. The molecule has 7 nitrogen and oxygen atoms in total. The average Bonchev–Trinajstić information content (AvgIpc) is 3.76. The van der Waals surface area contributed by atoms with Gasteiger partial charge in [0.25, 0.3) is 0 Å². The smallest absolute Gasteiger partial charge is 0.230 e. The molecule has 4 aliphatic rings. The summed E-state index contributed by atoms with van der Waals surface area (Å²) in [5.41, 5.74) is 4.71. The van der Waals surface area contributed by atoms with Gasteiger partial charge in [-0.2, -0.15) is 0 Å². The highest BCUT2D eigenvalue weighted by molar-refractivity contribution is 7.91. The Morgan fingerprint density at radius 1 is 0.800 bits per heavy atom. The van der Waals surface area contributed by atoms with Crippen LogP contribution in [-0.2, 0) is 19.4 Å². The van der Waals surface area contributed by atoms with E-state index in [1.165, 1.54) is 0 Å². The zero-order chi connectivity index (χ0) is 24.3. The van der Waals surface area contributed by atoms with E-state index in [1.54, 1.807) is 0 Å². The summed E-state index contributed by atoms with van der Waals surface area (Å²) in [6, 6.07) is 14.2. The Bertz CT molecular complexity index is 1270. The maximum absolute atomic E-state index is 13.2. The summed E-state index contributed by atoms with van der Waals surface area (Å²) in [4.78, 5) is 32.2. The normalized spacial score (nSPS) is 23.7. The lowest BCUT2D eigenvalue weighted by molar-refractivity contribution is -0.122. The third-order valence-corrected chi connectivity index (χ3v) is 9.29. The fourth-order valence-electron chi connectivity index (χ4n) is 5.26. The number of amides is 2. The number of carbonyl (C=O) groups excluding carboxylic acids is 2. The van der Waals surface area contributed by atoms with Gasteiger partial charge in [0.15, 0.2) is 9.84 Å². The van der Waals surface area contributed by atoms with Gasteiger partial charge in [0, 0.05) is 37.2 Å². The van der Waals surface area contributed by atoms with Crippen molar-refractivity contribution in [2.24, 2.45) is 11.8 Å². The number of fused-ring (bicyclic) bond motifs is 1. The van der Waals surface area contributed by atoms with Crippen LogP contribution in [0.4, 0.5) is 17.1 Å². The molecule has 3 fully saturated rings. The van der Waals surface area contributed by atoms with Crippen LogP contribution in [0.1, 0.15) is 32.6 Å². The van der Waals surface area contributed by atoms with Crippen LogP contribution in [0, 0.1) is 11.8 Å². The number of rotatable bonds is 4. The molecule has 0 radical (unpaired) electrons. The zero-order valence-electron chi connectivity index (χ0n) is 20.0. The molecule has 6 rings (SSSR count). The SMILES string of the molecule is CC1CN(C(=O)C2CC2)c2cc(-c3ccc(N4CCS(=O)(=O)CC4)cc3)ccc2N1C(=O)C1CC1. The van der Waals surface area contributed by atoms with Gasteiger partial charge in [0.1, 0.15) is 0 Å². The maximum Gasteiger partial charge on any atom is 0.230 e. The van der Waals surface area contributed by atoms with Crippen molar-refractivity contribution in [3.63, 3.8) is 0 Å². The largest absolute Gasteiger partial charge is 0.369 e. The number of hydrogen-bond donors (Lipinski definition) is 0. The summed E-state index contributed by atoms with van der Waals surface area (Å²) >= 11 is 0. The minimum absolute atomic E-state index is 0.0446. The summed E-state index contributed by atoms with van der Waals surface area (Å²) in [6.45, 7) is 3.60. The molecule has 1 unspecified atom stereocenters. The van der Waals surface area contributed by atoms with E-state index in [9.17, 15) is 18.0 Å². The van der Waals surface area contributed by atoms with Crippen molar-refractivity contribution >= 4 is 38.7 Å². The van der Waals surface area contributed by atoms with E-state index < -0.39 is 9.84 Å². The molecule has 1 atom stereocenters. The predicted molar refractivity (Wildman–Crippen MR) is 137 cm³/mol. The first-order valence-corrected chi connectivity index (χ1v) is 14.5. The Morgan fingerprint density at radius 2 is 1.40 bits per heavy atom. The van der Waals surface area contributed by atoms with Crippen molar-refractivity contribution in [3.8, 4) is 11.1 Å². The number of sulfone groups is 1. The second-order valence-corrected chi connectivity index (χ2v) is 12.7. The van der Waals surface area contributed by atoms with Gasteiger partial charge in [-0.3, -0.25) is 9.59 Å². The topological polar surface area (TPSA) is 78.0 Å². The second kappa shape index (κ2) is 8.36. The second-order valence-electron chi connectivity index (χ2n) is 10.4. The number of carbonyl (C=O) groups is 2. The third-order valence-electron chi connectivity index (χ3n) is 7.68. The van der Waals surface area contributed by atoms with E-state index >= 15 is 0 Å². The molecule has 1 saturated heterocycles. The number of benzene rings is 2. The van der Waals surface area contributed by atoms with Gasteiger partial charge in [-0.15, -0.1) is 0 Å². The summed E-state index contributed by atoms with van der Waals surface area (Å²) in [5, 5.41) is 0. The molecule has 35 heavy (non-hydrogen) atoms. The fourth-order valence-corrected chi connectivity index (χ4v) is 6.46. The van der Waals surface area contributed by atoms with Crippen LogP contribution in [0.3, 0.4) is 0 Å². The minimum atomic E-state index is -2.92. The molecule has 8 heteroatoms. The van der Waals surface area contributed by atoms with Crippen molar-refractivity contribution in [2.75, 3.05) is 45.8 Å². The number of anilines is 3. The maximum atomic E-state index is 13.2. The Hall–Kier alpha value is -2.87. The molecule has 2 amide bonds. The number of nitrogens with zero attached hydrogens (tertiary/aromatic N) is 3. The van der Waals surface area contributed by atoms with E-state index in [1.807, 2.05) is 53.1 Å². The van der Waals surface area contributed by atoms with E-state index in [2.05, 4.69) is 11.0 Å². The summed E-state index contributed by atoms with van der Waals surface area (Å²) in [5.74, 6) is 0.963. The summed E-state index contributed by atoms with van der Waals surface area (Å²) in [6.07, 6.45) is 3.80. The molecule has 0 bridgehead atoms. The zero-order valence-corrected chi connectivity index (χ0v) is 20.8. The Labute approximate surface area is 206 Å². The molecule has 184 valence electrons. The van der Waals surface area contributed by atoms with Crippen LogP contribution < -0.4 is 14.7 Å². The molecule has 2 saturated carbocycles. The average molecular weight is 494 g/mol. The van der Waals surface area contributed by atoms with Gasteiger partial charge < -0.3 is 14.7 Å². The Morgan fingerprint density at radius 3 is 2.03 bits per heavy atom. The summed E-state index contributed by atoms with van der Waals surface area (Å²) in [7, 11) is -2.92. The number of hydrogen-bond acceptors (Lipinski definition) is 5. The van der Waals surface area contributed by atoms with Crippen LogP contribution in [-0.4, -0.2) is 57.4 Å². The van der Waals surface area contributed by atoms with Gasteiger partial charge >= 0.3 is 0 Å². The van der Waals surface area contributed by atoms with Crippen LogP contribution in [0.5, 0.6) is 0 Å². The van der Waals surface area contributed by atoms with Gasteiger partial charge in [0.2, 0.25) is 11.8 Å². The minimum Gasteiger partial charge on any atom is -0.369 e. The standard InChI is InChI=1S/C27H31N3O4S/c1-18-17-29(26(31)20-2-3-20)25-16-22(8-11-24(25)30(18)27(32)21-4-5-21)19-6-9-23(10-7-19)28-12-14-35(33,34)15-13-28/h6-11,16,18,20-21H,2-5,12-15,17H2,1H3. The first kappa shape index (κ1) is 22.6. The van der Waals surface area contributed by atoms with Crippen LogP contribution >= 0.6 is 0 Å². The van der Waals surface area contributed by atoms with E-state index in [0.29, 0.717) is 19.6 Å². The molecule has 0 aromatic heterocycles. The van der Waals surface area contributed by atoms with Crippen molar-refractivity contribution in [1.29, 1.82) is 0 Å². The van der Waals surface area contributed by atoms with Gasteiger partial charge in [-0.05, 0) is 68.0 Å². The Kier molecular flexibility index (Phi) is 5.40. The molecule has 2 aromatic rings. The van der Waals surface area contributed by atoms with Gasteiger partial charge in [-0.25, -0.2) is 8.42 Å². The fraction of sp³-hybridized carbons (Fsp3) is 0.481. The third kappa shape index (κ3) is 4.33. The summed E-state index contributed by atoms with van der Waals surface area (Å²) < 4.78 is 23.5. The lowest BCUT2D eigenvalue weighted by Crippen LogP contribution is -2.52. The molecule has 0 N–H and O–H groups in total. The molecule has 2 aliphatic carbocycles. The van der Waals surface area contributed by atoms with Crippen LogP contribution in [0.15, 0.2) is 42.5 Å². The van der Waals surface area contributed by atoms with Crippen LogP contribution in [0.2, 0.25) is 0 Å². The lowest BCUT2D eigenvalue weighted by atomic mass is 9.99. The van der Waals surface area contributed by atoms with Gasteiger partial charge in [0.05, 0.1) is 28.9 Å². The molecule has 2 aromatic carbocycles. The monoisotopic (exact) mass is 493 g/mol. The highest BCUT2D eigenvalue weighted by Gasteiger charge is 2.43. The van der Waals surface area contributed by atoms with E-state index in [-0.39, 0.29) is 41.2 Å². The molecule has 2 heterocycles. The van der Waals surface area contributed by atoms with Crippen molar-refractivity contribution in [1.82, 2.24) is 0 Å². The van der Waals surface area contributed by atoms with Crippen molar-refractivity contribution < 1.29 is 18.0 Å². The van der Waals surface area contributed by atoms with Crippen molar-refractivity contribution in [3.05, 3.63) is 42.5 Å².